The molecule has 0 amide bonds. The number of hydrogen-bond acceptors (Lipinski definition) is 5. The van der Waals surface area contributed by atoms with Crippen molar-refractivity contribution in [3.63, 3.8) is 0 Å². The maximum absolute atomic E-state index is 13.8. The molecule has 0 bridgehead atoms. The molecule has 1 aromatic heterocycles. The van der Waals surface area contributed by atoms with Crippen LogP contribution in [0, 0.1) is 0 Å². The molecule has 3 aromatic rings. The second-order valence-electron chi connectivity index (χ2n) is 6.83. The van der Waals surface area contributed by atoms with E-state index in [2.05, 4.69) is 10.3 Å². The molecule has 0 radical (unpaired) electrons. The minimum Gasteiger partial charge on any atom is -0.497 e. The molecule has 8 heteroatoms. The number of aromatic nitrogens is 1. The van der Waals surface area contributed by atoms with Crippen LogP contribution in [0.5, 0.6) is 5.75 Å². The van der Waals surface area contributed by atoms with Gasteiger partial charge in [0.15, 0.2) is 0 Å². The van der Waals surface area contributed by atoms with Gasteiger partial charge in [0.05, 0.1) is 30.3 Å². The molecular formula is C24H25F3N2O3. The van der Waals surface area contributed by atoms with Crippen LogP contribution in [0.1, 0.15) is 31.4 Å². The van der Waals surface area contributed by atoms with Gasteiger partial charge in [-0.2, -0.15) is 13.2 Å². The average Bonchev–Trinajstić information content (AvgIpc) is 2.79. The molecular weight excluding hydrogens is 421 g/mol. The number of halogens is 3. The number of nitrogens with zero attached hydrogens (tertiary/aromatic N) is 1. The minimum absolute atomic E-state index is 0.0930. The number of rotatable bonds is 9. The van der Waals surface area contributed by atoms with Gasteiger partial charge in [-0.1, -0.05) is 18.2 Å². The number of hydrogen-bond donors (Lipinski definition) is 1. The van der Waals surface area contributed by atoms with E-state index in [9.17, 15) is 13.2 Å². The summed E-state index contributed by atoms with van der Waals surface area (Å²) < 4.78 is 57.5. The second kappa shape index (κ2) is 10.5. The Kier molecular flexibility index (Phi) is 7.71. The van der Waals surface area contributed by atoms with Crippen LogP contribution in [0.25, 0.3) is 11.1 Å². The molecule has 0 unspecified atom stereocenters. The van der Waals surface area contributed by atoms with Crippen molar-refractivity contribution in [3.8, 4) is 16.9 Å². The third-order valence-corrected chi connectivity index (χ3v) is 4.68. The molecule has 1 heterocycles. The minimum atomic E-state index is -4.52. The Morgan fingerprint density at radius 2 is 1.56 bits per heavy atom. The third-order valence-electron chi connectivity index (χ3n) is 4.68. The largest absolute Gasteiger partial charge is 0.497 e. The highest BCUT2D eigenvalue weighted by Gasteiger charge is 2.34. The summed E-state index contributed by atoms with van der Waals surface area (Å²) in [4.78, 5) is 4.32. The van der Waals surface area contributed by atoms with Crippen LogP contribution in [-0.2, 0) is 15.7 Å². The molecule has 5 nitrogen and oxygen atoms in total. The third kappa shape index (κ3) is 5.77. The van der Waals surface area contributed by atoms with Crippen molar-refractivity contribution in [3.05, 3.63) is 72.1 Å². The van der Waals surface area contributed by atoms with Gasteiger partial charge in [0.2, 0.25) is 6.29 Å². The molecule has 0 aliphatic rings. The maximum atomic E-state index is 13.8. The van der Waals surface area contributed by atoms with E-state index >= 15 is 0 Å². The fraction of sp³-hybridized carbons (Fsp3) is 0.292. The number of anilines is 2. The van der Waals surface area contributed by atoms with Crippen LogP contribution in [0.3, 0.4) is 0 Å². The molecule has 0 aliphatic heterocycles. The van der Waals surface area contributed by atoms with Gasteiger partial charge in [0.25, 0.3) is 0 Å². The Labute approximate surface area is 185 Å². The normalized spacial score (nSPS) is 11.6. The maximum Gasteiger partial charge on any atom is 0.417 e. The zero-order valence-corrected chi connectivity index (χ0v) is 18.1. The van der Waals surface area contributed by atoms with Crippen LogP contribution >= 0.6 is 0 Å². The molecule has 0 saturated heterocycles. The van der Waals surface area contributed by atoms with Gasteiger partial charge in [0.1, 0.15) is 5.75 Å². The first kappa shape index (κ1) is 23.6. The van der Waals surface area contributed by atoms with Crippen molar-refractivity contribution < 1.29 is 27.4 Å². The van der Waals surface area contributed by atoms with E-state index in [-0.39, 0.29) is 5.56 Å². The van der Waals surface area contributed by atoms with Crippen molar-refractivity contribution in [1.29, 1.82) is 0 Å². The van der Waals surface area contributed by atoms with Crippen LogP contribution < -0.4 is 10.1 Å². The Hall–Kier alpha value is -3.10. The monoisotopic (exact) mass is 446 g/mol. The average molecular weight is 446 g/mol. The predicted molar refractivity (Wildman–Crippen MR) is 117 cm³/mol. The Balaban J connectivity index is 1.85. The topological polar surface area (TPSA) is 52.6 Å². The highest BCUT2D eigenvalue weighted by atomic mass is 19.4. The lowest BCUT2D eigenvalue weighted by Crippen LogP contribution is -2.10. The van der Waals surface area contributed by atoms with Crippen molar-refractivity contribution in [2.75, 3.05) is 25.6 Å². The first-order valence-corrected chi connectivity index (χ1v) is 10.2. The Bertz CT molecular complexity index is 1000. The summed E-state index contributed by atoms with van der Waals surface area (Å²) in [6.07, 6.45) is -3.57. The van der Waals surface area contributed by atoms with E-state index in [1.54, 1.807) is 42.5 Å². The number of alkyl halides is 3. The Morgan fingerprint density at radius 1 is 0.906 bits per heavy atom. The van der Waals surface area contributed by atoms with Gasteiger partial charge in [-0.3, -0.25) is 4.98 Å². The fourth-order valence-electron chi connectivity index (χ4n) is 3.19. The zero-order valence-electron chi connectivity index (χ0n) is 18.1. The van der Waals surface area contributed by atoms with Crippen molar-refractivity contribution in [2.45, 2.75) is 26.3 Å². The lowest BCUT2D eigenvalue weighted by atomic mass is 9.98. The smallest absolute Gasteiger partial charge is 0.417 e. The number of benzene rings is 2. The summed E-state index contributed by atoms with van der Waals surface area (Å²) in [6, 6.07) is 14.1. The van der Waals surface area contributed by atoms with E-state index in [1.165, 1.54) is 19.4 Å². The summed E-state index contributed by atoms with van der Waals surface area (Å²) in [7, 11) is 1.51. The van der Waals surface area contributed by atoms with E-state index in [0.29, 0.717) is 41.6 Å². The first-order valence-electron chi connectivity index (χ1n) is 10.2. The number of nitrogens with one attached hydrogen (secondary N) is 1. The van der Waals surface area contributed by atoms with Gasteiger partial charge in [-0.15, -0.1) is 0 Å². The SMILES string of the molecule is CCOC(OCC)c1ccc(Nc2ccc(-c3ccc(OC)cc3)c(C(F)(F)F)c2)cn1. The first-order chi connectivity index (χ1) is 15.4. The van der Waals surface area contributed by atoms with Gasteiger partial charge < -0.3 is 19.5 Å². The van der Waals surface area contributed by atoms with Crippen molar-refractivity contribution in [2.24, 2.45) is 0 Å². The van der Waals surface area contributed by atoms with Crippen molar-refractivity contribution >= 4 is 11.4 Å². The zero-order chi connectivity index (χ0) is 23.1. The lowest BCUT2D eigenvalue weighted by Gasteiger charge is -2.17. The van der Waals surface area contributed by atoms with Gasteiger partial charge in [-0.05, 0) is 61.4 Å². The van der Waals surface area contributed by atoms with Crippen molar-refractivity contribution in [1.82, 2.24) is 4.98 Å². The van der Waals surface area contributed by atoms with E-state index in [4.69, 9.17) is 14.2 Å². The van der Waals surface area contributed by atoms with Crippen LogP contribution in [-0.4, -0.2) is 25.3 Å². The summed E-state index contributed by atoms with van der Waals surface area (Å²) in [6.45, 7) is 4.64. The second-order valence-corrected chi connectivity index (χ2v) is 6.83. The molecule has 3 rings (SSSR count). The molecule has 0 saturated carbocycles. The number of pyridine rings is 1. The highest BCUT2D eigenvalue weighted by molar-refractivity contribution is 5.73. The predicted octanol–water partition coefficient (Wildman–Crippen LogP) is 6.59. The molecule has 0 atom stereocenters. The molecule has 2 aromatic carbocycles. The van der Waals surface area contributed by atoms with Crippen LogP contribution in [0.2, 0.25) is 0 Å². The summed E-state index contributed by atoms with van der Waals surface area (Å²) in [5.41, 5.74) is 1.25. The summed E-state index contributed by atoms with van der Waals surface area (Å²) >= 11 is 0. The van der Waals surface area contributed by atoms with Crippen LogP contribution in [0.4, 0.5) is 24.5 Å². The number of methoxy groups -OCH3 is 1. The summed E-state index contributed by atoms with van der Waals surface area (Å²) in [5.74, 6) is 0.576. The van der Waals surface area contributed by atoms with Gasteiger partial charge >= 0.3 is 6.18 Å². The van der Waals surface area contributed by atoms with E-state index < -0.39 is 18.0 Å². The molecule has 0 fully saturated rings. The molecule has 0 spiro atoms. The van der Waals surface area contributed by atoms with E-state index in [1.807, 2.05) is 13.8 Å². The number of ether oxygens (including phenoxy) is 3. The Morgan fingerprint density at radius 3 is 2.09 bits per heavy atom. The van der Waals surface area contributed by atoms with E-state index in [0.717, 1.165) is 6.07 Å². The highest BCUT2D eigenvalue weighted by Crippen LogP contribution is 2.39. The fourth-order valence-corrected chi connectivity index (χ4v) is 3.19. The standard InChI is InChI=1S/C24H25F3N2O3/c1-4-31-23(32-5-2)22-13-9-18(15-28-22)29-17-8-12-20(21(14-17)24(25,26)27)16-6-10-19(30-3)11-7-16/h6-15,23,29H,4-5H2,1-3H3. The molecule has 1 N–H and O–H groups in total. The molecule has 0 aliphatic carbocycles. The summed E-state index contributed by atoms with van der Waals surface area (Å²) in [5, 5.41) is 2.98. The molecule has 170 valence electrons. The van der Waals surface area contributed by atoms with Crippen LogP contribution in [0.15, 0.2) is 60.8 Å². The lowest BCUT2D eigenvalue weighted by molar-refractivity contribution is -0.142. The van der Waals surface area contributed by atoms with Gasteiger partial charge in [0, 0.05) is 18.9 Å². The van der Waals surface area contributed by atoms with Gasteiger partial charge in [-0.25, -0.2) is 0 Å². The quantitative estimate of drug-likeness (QED) is 0.376. The molecule has 32 heavy (non-hydrogen) atoms.